The third kappa shape index (κ3) is 9.01. The van der Waals surface area contributed by atoms with Crippen LogP contribution < -0.4 is 10.6 Å². The summed E-state index contributed by atoms with van der Waals surface area (Å²) in [6, 6.07) is 4.21. The summed E-state index contributed by atoms with van der Waals surface area (Å²) < 4.78 is 24.7. The zero-order valence-corrected chi connectivity index (χ0v) is 20.4. The number of sulfonamides is 1. The van der Waals surface area contributed by atoms with Gasteiger partial charge in [0.1, 0.15) is 0 Å². The highest BCUT2D eigenvalue weighted by Crippen LogP contribution is 2.27. The number of halogens is 1. The average molecular weight is 517 g/mol. The highest BCUT2D eigenvalue weighted by Gasteiger charge is 2.21. The lowest BCUT2D eigenvalue weighted by Crippen LogP contribution is -2.40. The molecule has 1 rings (SSSR count). The third-order valence-corrected chi connectivity index (χ3v) is 6.48. The molecule has 0 saturated carbocycles. The lowest BCUT2D eigenvalue weighted by molar-refractivity contribution is 0.424. The van der Waals surface area contributed by atoms with Crippen molar-refractivity contribution in [1.29, 1.82) is 0 Å². The summed E-state index contributed by atoms with van der Waals surface area (Å²) in [7, 11) is -3.12. The largest absolute Gasteiger partial charge is 0.357 e. The number of thiophene rings is 1. The molecule has 2 N–H and O–H groups in total. The van der Waals surface area contributed by atoms with E-state index in [1.54, 1.807) is 11.3 Å². The summed E-state index contributed by atoms with van der Waals surface area (Å²) in [4.78, 5) is 6.01. The number of hydrogen-bond donors (Lipinski definition) is 2. The summed E-state index contributed by atoms with van der Waals surface area (Å²) >= 11 is 1.75. The molecule has 0 bridgehead atoms. The topological polar surface area (TPSA) is 73.8 Å². The van der Waals surface area contributed by atoms with Gasteiger partial charge in [-0.05, 0) is 24.8 Å². The lowest BCUT2D eigenvalue weighted by Gasteiger charge is -2.22. The van der Waals surface area contributed by atoms with Crippen molar-refractivity contribution in [2.45, 2.75) is 39.5 Å². The van der Waals surface area contributed by atoms with Crippen molar-refractivity contribution < 1.29 is 8.42 Å². The monoisotopic (exact) mass is 516 g/mol. The number of hydrogen-bond acceptors (Lipinski definition) is 4. The summed E-state index contributed by atoms with van der Waals surface area (Å²) in [5.41, 5.74) is -0.00812. The van der Waals surface area contributed by atoms with Gasteiger partial charge in [-0.2, -0.15) is 0 Å². The molecule has 1 heterocycles. The van der Waals surface area contributed by atoms with Crippen molar-refractivity contribution >= 4 is 51.3 Å². The molecule has 1 aromatic heterocycles. The second-order valence-electron chi connectivity index (χ2n) is 6.59. The molecule has 0 saturated heterocycles. The van der Waals surface area contributed by atoms with E-state index in [-0.39, 0.29) is 29.4 Å². The summed E-state index contributed by atoms with van der Waals surface area (Å²) in [6.45, 7) is 11.4. The van der Waals surface area contributed by atoms with E-state index >= 15 is 0 Å². The molecule has 0 aliphatic carbocycles. The molecule has 0 unspecified atom stereocenters. The number of guanidine groups is 1. The van der Waals surface area contributed by atoms with Gasteiger partial charge in [0.05, 0.1) is 12.8 Å². The molecule has 0 fully saturated rings. The van der Waals surface area contributed by atoms with Gasteiger partial charge in [0.2, 0.25) is 10.0 Å². The van der Waals surface area contributed by atoms with E-state index in [1.165, 1.54) is 15.4 Å². The molecule has 0 radical (unpaired) electrons. The van der Waals surface area contributed by atoms with Crippen LogP contribution in [0.1, 0.15) is 39.0 Å². The molecule has 9 heteroatoms. The molecule has 0 atom stereocenters. The molecule has 0 spiro atoms. The fourth-order valence-corrected chi connectivity index (χ4v) is 4.15. The van der Waals surface area contributed by atoms with E-state index in [0.717, 1.165) is 18.9 Å². The van der Waals surface area contributed by atoms with Crippen LogP contribution in [-0.4, -0.2) is 57.7 Å². The van der Waals surface area contributed by atoms with Gasteiger partial charge in [0.15, 0.2) is 5.96 Å². The van der Waals surface area contributed by atoms with Gasteiger partial charge in [0.25, 0.3) is 0 Å². The van der Waals surface area contributed by atoms with Crippen molar-refractivity contribution in [2.75, 3.05) is 39.0 Å². The van der Waals surface area contributed by atoms with Gasteiger partial charge >= 0.3 is 0 Å². The second kappa shape index (κ2) is 12.1. The van der Waals surface area contributed by atoms with Crippen molar-refractivity contribution in [1.82, 2.24) is 14.9 Å². The van der Waals surface area contributed by atoms with Crippen LogP contribution in [0.4, 0.5) is 0 Å². The summed E-state index contributed by atoms with van der Waals surface area (Å²) in [5.74, 6) is 0.773. The first-order valence-corrected chi connectivity index (χ1v) is 11.4. The van der Waals surface area contributed by atoms with Gasteiger partial charge in [0, 0.05) is 36.5 Å². The fraction of sp³-hybridized carbons (Fsp3) is 0.706. The van der Waals surface area contributed by atoms with Crippen molar-refractivity contribution in [3.05, 3.63) is 22.4 Å². The Labute approximate surface area is 179 Å². The van der Waals surface area contributed by atoms with Crippen molar-refractivity contribution in [3.63, 3.8) is 0 Å². The first-order valence-electron chi connectivity index (χ1n) is 8.72. The summed E-state index contributed by atoms with van der Waals surface area (Å²) in [5, 5.41) is 8.62. The van der Waals surface area contributed by atoms with E-state index < -0.39 is 10.0 Å². The predicted molar refractivity (Wildman–Crippen MR) is 123 cm³/mol. The van der Waals surface area contributed by atoms with E-state index in [9.17, 15) is 8.42 Å². The first kappa shape index (κ1) is 25.6. The Bertz CT molecular complexity index is 631. The lowest BCUT2D eigenvalue weighted by atomic mass is 9.92. The standard InChI is InChI=1S/C17H32N4O2S2.HI/c1-6-18-16(19-11-9-12-21(7-2)25(5,22)23)20-14-17(3,4)15-10-8-13-24-15;/h8,10,13H,6-7,9,11-12,14H2,1-5H3,(H2,18,19,20);1H. The number of rotatable bonds is 10. The maximum Gasteiger partial charge on any atom is 0.211 e. The third-order valence-electron chi connectivity index (χ3n) is 3.86. The molecular weight excluding hydrogens is 483 g/mol. The van der Waals surface area contributed by atoms with E-state index in [4.69, 9.17) is 4.99 Å². The molecule has 152 valence electrons. The maximum atomic E-state index is 11.6. The fourth-order valence-electron chi connectivity index (χ4n) is 2.38. The van der Waals surface area contributed by atoms with E-state index in [1.807, 2.05) is 13.8 Å². The van der Waals surface area contributed by atoms with Crippen LogP contribution in [0, 0.1) is 0 Å². The Morgan fingerprint density at radius 2 is 2.00 bits per heavy atom. The SMILES string of the molecule is CCNC(=NCC(C)(C)c1cccs1)NCCCN(CC)S(C)(=O)=O.I. The van der Waals surface area contributed by atoms with E-state index in [2.05, 4.69) is 42.0 Å². The van der Waals surface area contributed by atoms with Gasteiger partial charge in [-0.15, -0.1) is 35.3 Å². The highest BCUT2D eigenvalue weighted by atomic mass is 127. The summed E-state index contributed by atoms with van der Waals surface area (Å²) in [6.07, 6.45) is 1.99. The Morgan fingerprint density at radius 1 is 1.31 bits per heavy atom. The molecular formula is C17H33IN4O2S2. The highest BCUT2D eigenvalue weighted by molar-refractivity contribution is 14.0. The molecule has 0 aromatic carbocycles. The quantitative estimate of drug-likeness (QED) is 0.217. The predicted octanol–water partition coefficient (Wildman–Crippen LogP) is 2.87. The molecule has 6 nitrogen and oxygen atoms in total. The van der Waals surface area contributed by atoms with E-state index in [0.29, 0.717) is 26.2 Å². The molecule has 26 heavy (non-hydrogen) atoms. The van der Waals surface area contributed by atoms with Crippen LogP contribution in [0.15, 0.2) is 22.5 Å². The Morgan fingerprint density at radius 3 is 2.50 bits per heavy atom. The number of nitrogens with one attached hydrogen (secondary N) is 2. The zero-order chi connectivity index (χ0) is 18.9. The molecule has 1 aromatic rings. The zero-order valence-electron chi connectivity index (χ0n) is 16.4. The minimum Gasteiger partial charge on any atom is -0.357 e. The second-order valence-corrected chi connectivity index (χ2v) is 9.52. The molecule has 0 aliphatic heterocycles. The first-order chi connectivity index (χ1) is 11.7. The van der Waals surface area contributed by atoms with Crippen molar-refractivity contribution in [2.24, 2.45) is 4.99 Å². The van der Waals surface area contributed by atoms with Crippen LogP contribution in [0.5, 0.6) is 0 Å². The van der Waals surface area contributed by atoms with Crippen LogP contribution in [0.2, 0.25) is 0 Å². The Balaban J connectivity index is 0.00000625. The van der Waals surface area contributed by atoms with Crippen LogP contribution in [0.25, 0.3) is 0 Å². The number of aliphatic imine (C=N–C) groups is 1. The normalized spacial score (nSPS) is 12.8. The maximum absolute atomic E-state index is 11.6. The molecule has 0 aliphatic rings. The minimum atomic E-state index is -3.12. The number of nitrogens with zero attached hydrogens (tertiary/aromatic N) is 2. The smallest absolute Gasteiger partial charge is 0.211 e. The van der Waals surface area contributed by atoms with Gasteiger partial charge in [-0.3, -0.25) is 4.99 Å². The van der Waals surface area contributed by atoms with Gasteiger partial charge in [-0.1, -0.05) is 26.8 Å². The van der Waals surface area contributed by atoms with Crippen molar-refractivity contribution in [3.8, 4) is 0 Å². The van der Waals surface area contributed by atoms with Crippen LogP contribution >= 0.6 is 35.3 Å². The van der Waals surface area contributed by atoms with Gasteiger partial charge in [-0.25, -0.2) is 12.7 Å². The van der Waals surface area contributed by atoms with Crippen LogP contribution in [-0.2, 0) is 15.4 Å². The Hall–Kier alpha value is -0.390. The van der Waals surface area contributed by atoms with Crippen LogP contribution in [0.3, 0.4) is 0 Å². The molecule has 0 amide bonds. The average Bonchev–Trinajstić information content (AvgIpc) is 3.06. The van der Waals surface area contributed by atoms with Gasteiger partial charge < -0.3 is 10.6 Å². The Kier molecular flexibility index (Phi) is 12.0. The minimum absolute atomic E-state index is 0.